The van der Waals surface area contributed by atoms with Crippen molar-refractivity contribution in [1.82, 2.24) is 29.4 Å². The SMILES string of the molecule is Cc1ccc(O)c(S(=O)(=O)N2CCN(C(=O)CCCn3nnc(-c4ccccc4)n3)CC2)c1. The Morgan fingerprint density at radius 2 is 1.79 bits per heavy atom. The highest BCUT2D eigenvalue weighted by atomic mass is 32.2. The summed E-state index contributed by atoms with van der Waals surface area (Å²) < 4.78 is 27.1. The Morgan fingerprint density at radius 3 is 2.52 bits per heavy atom. The van der Waals surface area contributed by atoms with Crippen LogP contribution in [0.3, 0.4) is 0 Å². The van der Waals surface area contributed by atoms with Crippen LogP contribution in [0.1, 0.15) is 18.4 Å². The Kier molecular flexibility index (Phi) is 6.70. The molecular weight excluding hydrogens is 444 g/mol. The molecule has 0 atom stereocenters. The molecule has 1 fully saturated rings. The third kappa shape index (κ3) is 5.20. The standard InChI is InChI=1S/C22H26N6O4S/c1-17-9-10-19(29)20(16-17)33(31,32)27-14-12-26(13-15-27)21(30)8-5-11-28-24-22(23-25-28)18-6-3-2-4-7-18/h2-4,6-7,9-10,16,29H,5,8,11-15H2,1H3. The maximum absolute atomic E-state index is 12.9. The summed E-state index contributed by atoms with van der Waals surface area (Å²) >= 11 is 0. The molecule has 3 aromatic rings. The van der Waals surface area contributed by atoms with E-state index < -0.39 is 10.0 Å². The number of aromatic hydroxyl groups is 1. The summed E-state index contributed by atoms with van der Waals surface area (Å²) in [5.74, 6) is 0.240. The number of carbonyl (C=O) groups is 1. The number of amides is 1. The molecule has 0 radical (unpaired) electrons. The Morgan fingerprint density at radius 1 is 1.06 bits per heavy atom. The number of piperazine rings is 1. The molecule has 4 rings (SSSR count). The summed E-state index contributed by atoms with van der Waals surface area (Å²) in [4.78, 5) is 15.6. The van der Waals surface area contributed by atoms with Gasteiger partial charge >= 0.3 is 0 Å². The first-order valence-electron chi connectivity index (χ1n) is 10.8. The number of hydrogen-bond acceptors (Lipinski definition) is 7. The van der Waals surface area contributed by atoms with Gasteiger partial charge in [0.2, 0.25) is 21.8 Å². The molecule has 2 heterocycles. The molecule has 174 valence electrons. The van der Waals surface area contributed by atoms with Gasteiger partial charge in [0.25, 0.3) is 0 Å². The molecule has 33 heavy (non-hydrogen) atoms. The quantitative estimate of drug-likeness (QED) is 0.557. The second kappa shape index (κ2) is 9.67. The zero-order valence-corrected chi connectivity index (χ0v) is 19.1. The molecule has 11 heteroatoms. The van der Waals surface area contributed by atoms with Crippen LogP contribution in [0.25, 0.3) is 11.4 Å². The first kappa shape index (κ1) is 22.9. The van der Waals surface area contributed by atoms with Crippen molar-refractivity contribution in [3.63, 3.8) is 0 Å². The monoisotopic (exact) mass is 470 g/mol. The molecule has 0 unspecified atom stereocenters. The van der Waals surface area contributed by atoms with Gasteiger partial charge in [0.15, 0.2) is 0 Å². The van der Waals surface area contributed by atoms with E-state index in [1.165, 1.54) is 21.2 Å². The van der Waals surface area contributed by atoms with Crippen LogP contribution in [0.4, 0.5) is 0 Å². The normalized spacial score (nSPS) is 15.0. The Labute approximate surface area is 192 Å². The van der Waals surface area contributed by atoms with Gasteiger partial charge in [-0.3, -0.25) is 4.79 Å². The minimum absolute atomic E-state index is 0.0335. The fourth-order valence-electron chi connectivity index (χ4n) is 3.72. The first-order chi connectivity index (χ1) is 15.8. The Bertz CT molecular complexity index is 1220. The second-order valence-corrected chi connectivity index (χ2v) is 9.84. The molecule has 2 aromatic carbocycles. The molecule has 0 spiro atoms. The summed E-state index contributed by atoms with van der Waals surface area (Å²) in [6.45, 7) is 3.23. The number of nitrogens with zero attached hydrogens (tertiary/aromatic N) is 6. The summed E-state index contributed by atoms with van der Waals surface area (Å²) in [6.07, 6.45) is 0.868. The number of aryl methyl sites for hydroxylation is 2. The first-order valence-corrected chi connectivity index (χ1v) is 12.2. The fraction of sp³-hybridized carbons (Fsp3) is 0.364. The van der Waals surface area contributed by atoms with E-state index in [-0.39, 0.29) is 29.6 Å². The van der Waals surface area contributed by atoms with Crippen molar-refractivity contribution in [3.8, 4) is 17.1 Å². The summed E-state index contributed by atoms with van der Waals surface area (Å²) in [7, 11) is -3.82. The molecule has 1 aliphatic rings. The second-order valence-electron chi connectivity index (χ2n) is 7.93. The van der Waals surface area contributed by atoms with E-state index in [4.69, 9.17) is 0 Å². The van der Waals surface area contributed by atoms with Gasteiger partial charge in [0, 0.05) is 38.2 Å². The lowest BCUT2D eigenvalue weighted by atomic mass is 10.2. The average molecular weight is 471 g/mol. The van der Waals surface area contributed by atoms with Crippen LogP contribution in [-0.2, 0) is 21.4 Å². The van der Waals surface area contributed by atoms with Gasteiger partial charge in [-0.15, -0.1) is 10.2 Å². The summed E-state index contributed by atoms with van der Waals surface area (Å²) in [6, 6.07) is 14.0. The van der Waals surface area contributed by atoms with E-state index in [1.807, 2.05) is 30.3 Å². The molecule has 0 aliphatic carbocycles. The molecule has 1 aliphatic heterocycles. The number of sulfonamides is 1. The van der Waals surface area contributed by atoms with Crippen molar-refractivity contribution in [2.75, 3.05) is 26.2 Å². The predicted octanol–water partition coefficient (Wildman–Crippen LogP) is 1.67. The topological polar surface area (TPSA) is 122 Å². The molecule has 1 N–H and O–H groups in total. The van der Waals surface area contributed by atoms with Crippen LogP contribution >= 0.6 is 0 Å². The average Bonchev–Trinajstić information content (AvgIpc) is 3.30. The van der Waals surface area contributed by atoms with Crippen LogP contribution in [-0.4, -0.2) is 75.0 Å². The largest absolute Gasteiger partial charge is 0.507 e. The van der Waals surface area contributed by atoms with Gasteiger partial charge in [-0.05, 0) is 36.3 Å². The fourth-order valence-corrected chi connectivity index (χ4v) is 5.30. The third-order valence-electron chi connectivity index (χ3n) is 5.56. The van der Waals surface area contributed by atoms with Crippen LogP contribution < -0.4 is 0 Å². The van der Waals surface area contributed by atoms with Crippen LogP contribution in [0.5, 0.6) is 5.75 Å². The van der Waals surface area contributed by atoms with Crippen molar-refractivity contribution >= 4 is 15.9 Å². The smallest absolute Gasteiger partial charge is 0.246 e. The summed E-state index contributed by atoms with van der Waals surface area (Å²) in [5.41, 5.74) is 1.63. The van der Waals surface area contributed by atoms with Gasteiger partial charge < -0.3 is 10.0 Å². The number of rotatable bonds is 7. The number of tetrazole rings is 1. The lowest BCUT2D eigenvalue weighted by Crippen LogP contribution is -2.50. The predicted molar refractivity (Wildman–Crippen MR) is 121 cm³/mol. The maximum Gasteiger partial charge on any atom is 0.246 e. The van der Waals surface area contributed by atoms with Gasteiger partial charge in [-0.25, -0.2) is 8.42 Å². The Balaban J connectivity index is 1.27. The van der Waals surface area contributed by atoms with Gasteiger partial charge in [0.05, 0.1) is 6.54 Å². The number of carbonyl (C=O) groups excluding carboxylic acids is 1. The molecular formula is C22H26N6O4S. The number of aromatic nitrogens is 4. The molecule has 0 saturated carbocycles. The van der Waals surface area contributed by atoms with Crippen molar-refractivity contribution in [2.45, 2.75) is 31.2 Å². The van der Waals surface area contributed by atoms with Crippen molar-refractivity contribution in [3.05, 3.63) is 54.1 Å². The minimum atomic E-state index is -3.82. The minimum Gasteiger partial charge on any atom is -0.507 e. The van der Waals surface area contributed by atoms with E-state index in [2.05, 4.69) is 15.4 Å². The maximum atomic E-state index is 12.9. The van der Waals surface area contributed by atoms with Gasteiger partial charge in [0.1, 0.15) is 10.6 Å². The number of phenols is 1. The van der Waals surface area contributed by atoms with E-state index >= 15 is 0 Å². The number of benzene rings is 2. The van der Waals surface area contributed by atoms with Gasteiger partial charge in [-0.2, -0.15) is 9.10 Å². The van der Waals surface area contributed by atoms with E-state index in [1.54, 1.807) is 17.9 Å². The van der Waals surface area contributed by atoms with Crippen LogP contribution in [0.15, 0.2) is 53.4 Å². The van der Waals surface area contributed by atoms with Crippen molar-refractivity contribution in [2.24, 2.45) is 0 Å². The number of hydrogen-bond donors (Lipinski definition) is 1. The zero-order valence-electron chi connectivity index (χ0n) is 18.3. The van der Waals surface area contributed by atoms with Crippen molar-refractivity contribution in [1.29, 1.82) is 0 Å². The summed E-state index contributed by atoms with van der Waals surface area (Å²) in [5, 5.41) is 22.4. The van der Waals surface area contributed by atoms with E-state index in [0.29, 0.717) is 38.3 Å². The zero-order chi connectivity index (χ0) is 23.4. The third-order valence-corrected chi connectivity index (χ3v) is 7.49. The molecule has 1 aromatic heterocycles. The Hall–Kier alpha value is -3.31. The van der Waals surface area contributed by atoms with Crippen molar-refractivity contribution < 1.29 is 18.3 Å². The molecule has 0 bridgehead atoms. The highest BCUT2D eigenvalue weighted by Crippen LogP contribution is 2.27. The molecule has 1 saturated heterocycles. The van der Waals surface area contributed by atoms with E-state index in [0.717, 1.165) is 11.1 Å². The molecule has 1 amide bonds. The highest BCUT2D eigenvalue weighted by molar-refractivity contribution is 7.89. The van der Waals surface area contributed by atoms with Crippen LogP contribution in [0, 0.1) is 6.92 Å². The molecule has 10 nitrogen and oxygen atoms in total. The van der Waals surface area contributed by atoms with E-state index in [9.17, 15) is 18.3 Å². The number of phenolic OH excluding ortho intramolecular Hbond substituents is 1. The van der Waals surface area contributed by atoms with Gasteiger partial charge in [-0.1, -0.05) is 36.4 Å². The highest BCUT2D eigenvalue weighted by Gasteiger charge is 2.31. The lowest BCUT2D eigenvalue weighted by molar-refractivity contribution is -0.132. The van der Waals surface area contributed by atoms with Crippen LogP contribution in [0.2, 0.25) is 0 Å². The lowest BCUT2D eigenvalue weighted by Gasteiger charge is -2.34.